The zero-order valence-corrected chi connectivity index (χ0v) is 10.0. The Morgan fingerprint density at radius 1 is 1.25 bits per heavy atom. The van der Waals surface area contributed by atoms with E-state index < -0.39 is 0 Å². The number of hydrogen-bond donors (Lipinski definition) is 2. The number of likely N-dealkylation sites (N-methyl/N-ethyl adjacent to an activating group) is 1. The van der Waals surface area contributed by atoms with Crippen LogP contribution in [0.15, 0.2) is 24.3 Å². The van der Waals surface area contributed by atoms with Gasteiger partial charge < -0.3 is 10.6 Å². The van der Waals surface area contributed by atoms with Gasteiger partial charge in [-0.15, -0.1) is 11.3 Å². The Bertz CT molecular complexity index is 467. The number of halogens is 1. The summed E-state index contributed by atoms with van der Waals surface area (Å²) >= 11 is 1.71. The van der Waals surface area contributed by atoms with Crippen molar-refractivity contribution in [3.05, 3.63) is 35.0 Å². The molecule has 1 aromatic carbocycles. The first kappa shape index (κ1) is 11.5. The summed E-state index contributed by atoms with van der Waals surface area (Å²) in [5.41, 5.74) is 0. The number of fused-ring (bicyclic) bond motifs is 1. The highest BCUT2D eigenvalue weighted by Gasteiger charge is 2.02. The third-order valence-corrected chi connectivity index (χ3v) is 3.50. The van der Waals surface area contributed by atoms with Crippen LogP contribution in [-0.4, -0.2) is 20.1 Å². The van der Waals surface area contributed by atoms with Gasteiger partial charge in [-0.3, -0.25) is 0 Å². The molecule has 2 N–H and O–H groups in total. The molecule has 0 radical (unpaired) electrons. The van der Waals surface area contributed by atoms with Crippen molar-refractivity contribution < 1.29 is 4.39 Å². The second-order valence-electron chi connectivity index (χ2n) is 3.68. The molecule has 0 saturated heterocycles. The van der Waals surface area contributed by atoms with Crippen molar-refractivity contribution in [1.82, 2.24) is 10.6 Å². The van der Waals surface area contributed by atoms with Gasteiger partial charge in [0.2, 0.25) is 0 Å². The Labute approximate surface area is 98.5 Å². The third kappa shape index (κ3) is 2.78. The van der Waals surface area contributed by atoms with Crippen LogP contribution in [0.2, 0.25) is 0 Å². The van der Waals surface area contributed by atoms with Gasteiger partial charge in [0.25, 0.3) is 0 Å². The summed E-state index contributed by atoms with van der Waals surface area (Å²) in [7, 11) is 1.93. The standard InChI is InChI=1S/C12H15FN2S/c1-14-4-5-15-8-11-7-9-6-10(13)2-3-12(9)16-11/h2-3,6-7,14-15H,4-5,8H2,1H3. The van der Waals surface area contributed by atoms with E-state index in [9.17, 15) is 4.39 Å². The van der Waals surface area contributed by atoms with Gasteiger partial charge in [0.05, 0.1) is 0 Å². The molecule has 1 heterocycles. The third-order valence-electron chi connectivity index (χ3n) is 2.38. The first-order valence-corrected chi connectivity index (χ1v) is 6.14. The van der Waals surface area contributed by atoms with Crippen molar-refractivity contribution in [2.75, 3.05) is 20.1 Å². The Balaban J connectivity index is 2.02. The molecule has 1 aromatic heterocycles. The predicted octanol–water partition coefficient (Wildman–Crippen LogP) is 2.35. The fourth-order valence-corrected chi connectivity index (χ4v) is 2.60. The molecule has 0 aliphatic carbocycles. The molecule has 0 aliphatic rings. The van der Waals surface area contributed by atoms with E-state index in [4.69, 9.17) is 0 Å². The average molecular weight is 238 g/mol. The summed E-state index contributed by atoms with van der Waals surface area (Å²) in [5, 5.41) is 7.41. The van der Waals surface area contributed by atoms with Crippen LogP contribution in [0, 0.1) is 5.82 Å². The number of hydrogen-bond acceptors (Lipinski definition) is 3. The lowest BCUT2D eigenvalue weighted by Crippen LogP contribution is -2.24. The molecular formula is C12H15FN2S. The quantitative estimate of drug-likeness (QED) is 0.781. The van der Waals surface area contributed by atoms with Gasteiger partial charge in [-0.1, -0.05) is 0 Å². The SMILES string of the molecule is CNCCNCc1cc2cc(F)ccc2s1. The van der Waals surface area contributed by atoms with Crippen LogP contribution < -0.4 is 10.6 Å². The smallest absolute Gasteiger partial charge is 0.123 e. The van der Waals surface area contributed by atoms with E-state index in [-0.39, 0.29) is 5.82 Å². The molecule has 0 fully saturated rings. The Kier molecular flexibility index (Phi) is 3.88. The fraction of sp³-hybridized carbons (Fsp3) is 0.333. The van der Waals surface area contributed by atoms with Crippen molar-refractivity contribution >= 4 is 21.4 Å². The molecule has 0 amide bonds. The molecule has 2 rings (SSSR count). The minimum atomic E-state index is -0.167. The van der Waals surface area contributed by atoms with E-state index in [1.54, 1.807) is 17.4 Å². The maximum atomic E-state index is 13.0. The van der Waals surface area contributed by atoms with Crippen molar-refractivity contribution in [1.29, 1.82) is 0 Å². The molecule has 0 atom stereocenters. The predicted molar refractivity (Wildman–Crippen MR) is 67.4 cm³/mol. The number of rotatable bonds is 5. The van der Waals surface area contributed by atoms with Crippen LogP contribution >= 0.6 is 11.3 Å². The van der Waals surface area contributed by atoms with E-state index in [0.29, 0.717) is 0 Å². The summed E-state index contributed by atoms with van der Waals surface area (Å²) in [5.74, 6) is -0.167. The summed E-state index contributed by atoms with van der Waals surface area (Å²) < 4.78 is 14.1. The first-order chi connectivity index (χ1) is 7.79. The van der Waals surface area contributed by atoms with E-state index >= 15 is 0 Å². The van der Waals surface area contributed by atoms with E-state index in [1.807, 2.05) is 13.1 Å². The molecule has 4 heteroatoms. The number of thiophene rings is 1. The van der Waals surface area contributed by atoms with Gasteiger partial charge >= 0.3 is 0 Å². The second kappa shape index (κ2) is 5.39. The van der Waals surface area contributed by atoms with Gasteiger partial charge in [0.15, 0.2) is 0 Å². The normalized spacial score (nSPS) is 11.1. The number of nitrogens with one attached hydrogen (secondary N) is 2. The van der Waals surface area contributed by atoms with Gasteiger partial charge in [-0.05, 0) is 36.7 Å². The summed E-state index contributed by atoms with van der Waals surface area (Å²) in [6, 6.07) is 6.99. The van der Waals surface area contributed by atoms with Crippen molar-refractivity contribution in [3.8, 4) is 0 Å². The molecule has 0 aliphatic heterocycles. The van der Waals surface area contributed by atoms with Crippen LogP contribution in [0.5, 0.6) is 0 Å². The van der Waals surface area contributed by atoms with Crippen molar-refractivity contribution in [2.24, 2.45) is 0 Å². The molecule has 86 valence electrons. The van der Waals surface area contributed by atoms with E-state index in [1.165, 1.54) is 10.9 Å². The molecular weight excluding hydrogens is 223 g/mol. The molecule has 0 unspecified atom stereocenters. The average Bonchev–Trinajstić information content (AvgIpc) is 2.66. The van der Waals surface area contributed by atoms with Gasteiger partial charge in [-0.2, -0.15) is 0 Å². The van der Waals surface area contributed by atoms with Gasteiger partial charge in [0.1, 0.15) is 5.82 Å². The molecule has 16 heavy (non-hydrogen) atoms. The van der Waals surface area contributed by atoms with Gasteiger partial charge in [-0.25, -0.2) is 4.39 Å². The topological polar surface area (TPSA) is 24.1 Å². The van der Waals surface area contributed by atoms with Crippen LogP contribution in [0.4, 0.5) is 4.39 Å². The zero-order valence-electron chi connectivity index (χ0n) is 9.22. The van der Waals surface area contributed by atoms with E-state index in [0.717, 1.165) is 29.7 Å². The van der Waals surface area contributed by atoms with Crippen molar-refractivity contribution in [2.45, 2.75) is 6.54 Å². The maximum Gasteiger partial charge on any atom is 0.123 e. The Morgan fingerprint density at radius 3 is 2.94 bits per heavy atom. The molecule has 2 aromatic rings. The lowest BCUT2D eigenvalue weighted by Gasteiger charge is -2.00. The highest BCUT2D eigenvalue weighted by Crippen LogP contribution is 2.25. The Morgan fingerprint density at radius 2 is 2.12 bits per heavy atom. The molecule has 0 saturated carbocycles. The summed E-state index contributed by atoms with van der Waals surface area (Å²) in [6.45, 7) is 2.75. The van der Waals surface area contributed by atoms with Crippen LogP contribution in [-0.2, 0) is 6.54 Å². The minimum Gasteiger partial charge on any atom is -0.318 e. The van der Waals surface area contributed by atoms with Crippen molar-refractivity contribution in [3.63, 3.8) is 0 Å². The monoisotopic (exact) mass is 238 g/mol. The van der Waals surface area contributed by atoms with Crippen LogP contribution in [0.1, 0.15) is 4.88 Å². The lowest BCUT2D eigenvalue weighted by molar-refractivity contribution is 0.630. The highest BCUT2D eigenvalue weighted by molar-refractivity contribution is 7.19. The lowest BCUT2D eigenvalue weighted by atomic mass is 10.2. The Hall–Kier alpha value is -0.970. The fourth-order valence-electron chi connectivity index (χ4n) is 1.58. The summed E-state index contributed by atoms with van der Waals surface area (Å²) in [6.07, 6.45) is 0. The molecule has 0 spiro atoms. The van der Waals surface area contributed by atoms with Gasteiger partial charge in [0, 0.05) is 29.2 Å². The summed E-state index contributed by atoms with van der Waals surface area (Å²) in [4.78, 5) is 1.25. The maximum absolute atomic E-state index is 13.0. The molecule has 2 nitrogen and oxygen atoms in total. The zero-order chi connectivity index (χ0) is 11.4. The highest BCUT2D eigenvalue weighted by atomic mass is 32.1. The van der Waals surface area contributed by atoms with Crippen LogP contribution in [0.25, 0.3) is 10.1 Å². The first-order valence-electron chi connectivity index (χ1n) is 5.33. The number of benzene rings is 1. The van der Waals surface area contributed by atoms with E-state index in [2.05, 4.69) is 16.7 Å². The second-order valence-corrected chi connectivity index (χ2v) is 4.84. The largest absolute Gasteiger partial charge is 0.318 e. The minimum absolute atomic E-state index is 0.167. The van der Waals surface area contributed by atoms with Crippen LogP contribution in [0.3, 0.4) is 0 Å². The molecule has 0 bridgehead atoms.